The van der Waals surface area contributed by atoms with E-state index in [-0.39, 0.29) is 17.7 Å². The van der Waals surface area contributed by atoms with Crippen molar-refractivity contribution in [2.45, 2.75) is 45.6 Å². The van der Waals surface area contributed by atoms with Crippen LogP contribution in [-0.4, -0.2) is 11.8 Å². The van der Waals surface area contributed by atoms with Crippen molar-refractivity contribution in [2.75, 3.05) is 5.32 Å². The average Bonchev–Trinajstić information content (AvgIpc) is 2.68. The van der Waals surface area contributed by atoms with Crippen molar-refractivity contribution in [1.82, 2.24) is 5.32 Å². The van der Waals surface area contributed by atoms with Gasteiger partial charge in [-0.25, -0.2) is 0 Å². The van der Waals surface area contributed by atoms with E-state index in [4.69, 9.17) is 0 Å². The second-order valence-corrected chi connectivity index (χ2v) is 7.04. The lowest BCUT2D eigenvalue weighted by molar-refractivity contribution is -0.120. The molecule has 0 spiro atoms. The fourth-order valence-corrected chi connectivity index (χ4v) is 3.37. The molecule has 3 rings (SSSR count). The van der Waals surface area contributed by atoms with Crippen LogP contribution in [0.1, 0.15) is 53.6 Å². The molecular weight excluding hydrogens is 324 g/mol. The summed E-state index contributed by atoms with van der Waals surface area (Å²) < 4.78 is 0. The van der Waals surface area contributed by atoms with Crippen molar-refractivity contribution in [3.63, 3.8) is 0 Å². The van der Waals surface area contributed by atoms with Gasteiger partial charge in [0.15, 0.2) is 0 Å². The number of carbonyl (C=O) groups is 2. The molecule has 1 fully saturated rings. The van der Waals surface area contributed by atoms with Crippen molar-refractivity contribution in [2.24, 2.45) is 5.92 Å². The molecule has 1 saturated carbocycles. The molecule has 2 aromatic carbocycles. The summed E-state index contributed by atoms with van der Waals surface area (Å²) in [5.74, 6) is -0.0824. The Balaban J connectivity index is 1.64. The number of aryl methyl sites for hydroxylation is 1. The van der Waals surface area contributed by atoms with E-state index in [1.54, 1.807) is 12.1 Å². The zero-order valence-corrected chi connectivity index (χ0v) is 15.3. The van der Waals surface area contributed by atoms with Gasteiger partial charge in [-0.1, -0.05) is 61.2 Å². The van der Waals surface area contributed by atoms with Crippen molar-refractivity contribution >= 4 is 17.5 Å². The molecule has 4 nitrogen and oxygen atoms in total. The predicted octanol–water partition coefficient (Wildman–Crippen LogP) is 4.44. The Morgan fingerprint density at radius 3 is 2.38 bits per heavy atom. The molecule has 1 aliphatic rings. The summed E-state index contributed by atoms with van der Waals surface area (Å²) in [6.07, 6.45) is 5.30. The molecule has 0 bridgehead atoms. The predicted molar refractivity (Wildman–Crippen MR) is 104 cm³/mol. The summed E-state index contributed by atoms with van der Waals surface area (Å²) in [5, 5.41) is 5.90. The largest absolute Gasteiger partial charge is 0.348 e. The summed E-state index contributed by atoms with van der Waals surface area (Å²) in [6.45, 7) is 2.50. The normalized spacial score (nSPS) is 14.7. The number of amides is 2. The molecule has 4 heteroatoms. The zero-order chi connectivity index (χ0) is 18.4. The first kappa shape index (κ1) is 18.2. The third-order valence-electron chi connectivity index (χ3n) is 4.98. The second kappa shape index (κ2) is 8.65. The van der Waals surface area contributed by atoms with Crippen LogP contribution in [0.25, 0.3) is 0 Å². The summed E-state index contributed by atoms with van der Waals surface area (Å²) in [5.41, 5.74) is 3.33. The van der Waals surface area contributed by atoms with Crippen LogP contribution in [0.5, 0.6) is 0 Å². The van der Waals surface area contributed by atoms with Crippen LogP contribution >= 0.6 is 0 Å². The molecular formula is C22H26N2O2. The molecule has 0 aromatic heterocycles. The summed E-state index contributed by atoms with van der Waals surface area (Å²) in [4.78, 5) is 25.1. The Morgan fingerprint density at radius 2 is 1.65 bits per heavy atom. The van der Waals surface area contributed by atoms with E-state index in [9.17, 15) is 9.59 Å². The third kappa shape index (κ3) is 4.72. The topological polar surface area (TPSA) is 58.2 Å². The van der Waals surface area contributed by atoms with Gasteiger partial charge in [0.05, 0.1) is 11.3 Å². The molecule has 0 radical (unpaired) electrons. The highest BCUT2D eigenvalue weighted by atomic mass is 16.2. The molecule has 2 aromatic rings. The first-order valence-corrected chi connectivity index (χ1v) is 9.37. The molecule has 136 valence electrons. The van der Waals surface area contributed by atoms with Crippen LogP contribution in [0.15, 0.2) is 48.5 Å². The quantitative estimate of drug-likeness (QED) is 0.837. The lowest BCUT2D eigenvalue weighted by Crippen LogP contribution is -2.28. The van der Waals surface area contributed by atoms with E-state index >= 15 is 0 Å². The van der Waals surface area contributed by atoms with E-state index in [1.807, 2.05) is 43.3 Å². The van der Waals surface area contributed by atoms with Crippen molar-refractivity contribution in [3.8, 4) is 0 Å². The minimum absolute atomic E-state index is 0.0310. The number of para-hydroxylation sites is 1. The minimum Gasteiger partial charge on any atom is -0.348 e. The minimum atomic E-state index is -0.176. The molecule has 26 heavy (non-hydrogen) atoms. The van der Waals surface area contributed by atoms with Crippen molar-refractivity contribution in [3.05, 3.63) is 65.2 Å². The number of hydrogen-bond donors (Lipinski definition) is 2. The lowest BCUT2D eigenvalue weighted by Gasteiger charge is -2.21. The molecule has 2 amide bonds. The zero-order valence-electron chi connectivity index (χ0n) is 15.3. The first-order valence-electron chi connectivity index (χ1n) is 9.37. The van der Waals surface area contributed by atoms with Gasteiger partial charge in [-0.05, 0) is 37.5 Å². The van der Waals surface area contributed by atoms with E-state index in [1.165, 1.54) is 12.0 Å². The number of nitrogens with one attached hydrogen (secondary N) is 2. The van der Waals surface area contributed by atoms with E-state index in [2.05, 4.69) is 10.6 Å². The molecule has 1 aliphatic carbocycles. The summed E-state index contributed by atoms with van der Waals surface area (Å²) in [6, 6.07) is 15.3. The van der Waals surface area contributed by atoms with Crippen LogP contribution < -0.4 is 10.6 Å². The standard InChI is InChI=1S/C22H26N2O2/c1-16-11-13-17(14-12-16)15-23-22(26)19-9-5-6-10-20(19)24-21(25)18-7-3-2-4-8-18/h5-6,9-14,18H,2-4,7-8,15H2,1H3,(H,23,26)(H,24,25). The molecule has 0 heterocycles. The fraction of sp³-hybridized carbons (Fsp3) is 0.364. The Hall–Kier alpha value is -2.62. The van der Waals surface area contributed by atoms with E-state index in [0.717, 1.165) is 31.2 Å². The summed E-state index contributed by atoms with van der Waals surface area (Å²) in [7, 11) is 0. The molecule has 2 N–H and O–H groups in total. The second-order valence-electron chi connectivity index (χ2n) is 7.04. The molecule has 0 atom stereocenters. The van der Waals surface area contributed by atoms with Crippen molar-refractivity contribution in [1.29, 1.82) is 0 Å². The maximum atomic E-state index is 12.6. The maximum absolute atomic E-state index is 12.6. The SMILES string of the molecule is Cc1ccc(CNC(=O)c2ccccc2NC(=O)C2CCCCC2)cc1. The van der Waals surface area contributed by atoms with Gasteiger partial charge >= 0.3 is 0 Å². The van der Waals surface area contributed by atoms with Gasteiger partial charge in [-0.2, -0.15) is 0 Å². The first-order chi connectivity index (χ1) is 12.6. The molecule has 0 unspecified atom stereocenters. The average molecular weight is 350 g/mol. The highest BCUT2D eigenvalue weighted by molar-refractivity contribution is 6.04. The van der Waals surface area contributed by atoms with E-state index < -0.39 is 0 Å². The maximum Gasteiger partial charge on any atom is 0.253 e. The van der Waals surface area contributed by atoms with Gasteiger partial charge in [-0.3, -0.25) is 9.59 Å². The van der Waals surface area contributed by atoms with E-state index in [0.29, 0.717) is 17.8 Å². The molecule has 0 saturated heterocycles. The van der Waals surface area contributed by atoms with Gasteiger partial charge < -0.3 is 10.6 Å². The van der Waals surface area contributed by atoms with Crippen molar-refractivity contribution < 1.29 is 9.59 Å². The van der Waals surface area contributed by atoms with Crippen LogP contribution in [0.4, 0.5) is 5.69 Å². The highest BCUT2D eigenvalue weighted by Crippen LogP contribution is 2.25. The van der Waals surface area contributed by atoms with Gasteiger partial charge in [0.1, 0.15) is 0 Å². The van der Waals surface area contributed by atoms with Gasteiger partial charge in [0, 0.05) is 12.5 Å². The number of anilines is 1. The number of carbonyl (C=O) groups excluding carboxylic acids is 2. The Bertz CT molecular complexity index is 762. The highest BCUT2D eigenvalue weighted by Gasteiger charge is 2.22. The lowest BCUT2D eigenvalue weighted by atomic mass is 9.88. The summed E-state index contributed by atoms with van der Waals surface area (Å²) >= 11 is 0. The Labute approximate surface area is 155 Å². The van der Waals surface area contributed by atoms with Gasteiger partial charge in [-0.15, -0.1) is 0 Å². The van der Waals surface area contributed by atoms with Crippen LogP contribution in [0, 0.1) is 12.8 Å². The third-order valence-corrected chi connectivity index (χ3v) is 4.98. The number of hydrogen-bond acceptors (Lipinski definition) is 2. The molecule has 0 aliphatic heterocycles. The monoisotopic (exact) mass is 350 g/mol. The van der Waals surface area contributed by atoms with Crippen LogP contribution in [-0.2, 0) is 11.3 Å². The smallest absolute Gasteiger partial charge is 0.253 e. The Morgan fingerprint density at radius 1 is 0.962 bits per heavy atom. The Kier molecular flexibility index (Phi) is 6.05. The van der Waals surface area contributed by atoms with Gasteiger partial charge in [0.25, 0.3) is 5.91 Å². The van der Waals surface area contributed by atoms with Gasteiger partial charge in [0.2, 0.25) is 5.91 Å². The fourth-order valence-electron chi connectivity index (χ4n) is 3.37. The number of rotatable bonds is 5. The number of benzene rings is 2. The van der Waals surface area contributed by atoms with Crippen LogP contribution in [0.3, 0.4) is 0 Å². The van der Waals surface area contributed by atoms with Crippen LogP contribution in [0.2, 0.25) is 0 Å².